The molecule has 5 N–H and O–H groups in total. The molecule has 0 saturated carbocycles. The summed E-state index contributed by atoms with van der Waals surface area (Å²) in [5, 5.41) is 14.7. The SMILES string of the molecule is NC(=O)[C@@H]1CCCN1.O=C(NCc1ccccc1)C1=CCCC1C(=O)O. The summed E-state index contributed by atoms with van der Waals surface area (Å²) in [7, 11) is 0. The Kier molecular flexibility index (Phi) is 7.35. The Balaban J connectivity index is 0.000000254. The van der Waals surface area contributed by atoms with Crippen molar-refractivity contribution in [1.29, 1.82) is 0 Å². The smallest absolute Gasteiger partial charge is 0.311 e. The monoisotopic (exact) mass is 359 g/mol. The minimum atomic E-state index is -0.923. The number of carbonyl (C=O) groups excluding carboxylic acids is 2. The maximum Gasteiger partial charge on any atom is 0.311 e. The molecule has 0 aromatic heterocycles. The number of amides is 2. The van der Waals surface area contributed by atoms with Crippen molar-refractivity contribution < 1.29 is 19.5 Å². The van der Waals surface area contributed by atoms with Crippen LogP contribution in [0.4, 0.5) is 0 Å². The van der Waals surface area contributed by atoms with E-state index >= 15 is 0 Å². The van der Waals surface area contributed by atoms with E-state index in [1.54, 1.807) is 6.08 Å². The summed E-state index contributed by atoms with van der Waals surface area (Å²) in [6.45, 7) is 1.36. The lowest BCUT2D eigenvalue weighted by molar-refractivity contribution is -0.141. The minimum Gasteiger partial charge on any atom is -0.481 e. The summed E-state index contributed by atoms with van der Waals surface area (Å²) in [4.78, 5) is 33.2. The van der Waals surface area contributed by atoms with Crippen molar-refractivity contribution in [2.45, 2.75) is 38.3 Å². The van der Waals surface area contributed by atoms with Gasteiger partial charge in [0.05, 0.1) is 12.0 Å². The molecular formula is C19H25N3O4. The maximum atomic E-state index is 11.9. The largest absolute Gasteiger partial charge is 0.481 e. The van der Waals surface area contributed by atoms with Gasteiger partial charge in [-0.2, -0.15) is 0 Å². The van der Waals surface area contributed by atoms with Gasteiger partial charge < -0.3 is 21.5 Å². The van der Waals surface area contributed by atoms with E-state index in [4.69, 9.17) is 10.8 Å². The zero-order valence-corrected chi connectivity index (χ0v) is 14.6. The summed E-state index contributed by atoms with van der Waals surface area (Å²) >= 11 is 0. The predicted octanol–water partition coefficient (Wildman–Crippen LogP) is 0.948. The third-order valence-corrected chi connectivity index (χ3v) is 4.45. The molecule has 140 valence electrons. The van der Waals surface area contributed by atoms with Gasteiger partial charge in [0.15, 0.2) is 0 Å². The molecule has 1 aliphatic carbocycles. The fourth-order valence-corrected chi connectivity index (χ4v) is 3.02. The van der Waals surface area contributed by atoms with Crippen LogP contribution in [0.5, 0.6) is 0 Å². The first-order valence-corrected chi connectivity index (χ1v) is 8.76. The fraction of sp³-hybridized carbons (Fsp3) is 0.421. The van der Waals surface area contributed by atoms with Gasteiger partial charge in [0.2, 0.25) is 11.8 Å². The molecule has 3 rings (SSSR count). The highest BCUT2D eigenvalue weighted by Crippen LogP contribution is 2.26. The molecule has 2 atom stereocenters. The zero-order valence-electron chi connectivity index (χ0n) is 14.6. The summed E-state index contributed by atoms with van der Waals surface area (Å²) in [5.74, 6) is -2.07. The Hall–Kier alpha value is -2.67. The van der Waals surface area contributed by atoms with Gasteiger partial charge in [0, 0.05) is 12.1 Å². The molecule has 1 aromatic carbocycles. The molecule has 7 heteroatoms. The Labute approximate surface area is 152 Å². The summed E-state index contributed by atoms with van der Waals surface area (Å²) in [6, 6.07) is 9.49. The molecule has 26 heavy (non-hydrogen) atoms. The van der Waals surface area contributed by atoms with Gasteiger partial charge in [-0.25, -0.2) is 0 Å². The topological polar surface area (TPSA) is 122 Å². The van der Waals surface area contributed by atoms with Crippen LogP contribution in [0.3, 0.4) is 0 Å². The van der Waals surface area contributed by atoms with Gasteiger partial charge in [-0.15, -0.1) is 0 Å². The lowest BCUT2D eigenvalue weighted by Crippen LogP contribution is -2.36. The number of hydrogen-bond acceptors (Lipinski definition) is 4. The van der Waals surface area contributed by atoms with Crippen molar-refractivity contribution in [1.82, 2.24) is 10.6 Å². The third-order valence-electron chi connectivity index (χ3n) is 4.45. The number of carboxylic acid groups (broad SMARTS) is 1. The van der Waals surface area contributed by atoms with Crippen LogP contribution >= 0.6 is 0 Å². The molecule has 1 aliphatic heterocycles. The van der Waals surface area contributed by atoms with Gasteiger partial charge in [0.1, 0.15) is 0 Å². The molecule has 0 bridgehead atoms. The predicted molar refractivity (Wildman–Crippen MR) is 97.0 cm³/mol. The van der Waals surface area contributed by atoms with Crippen molar-refractivity contribution in [2.24, 2.45) is 11.7 Å². The molecule has 0 radical (unpaired) electrons. The van der Waals surface area contributed by atoms with Crippen molar-refractivity contribution in [3.05, 3.63) is 47.5 Å². The van der Waals surface area contributed by atoms with Gasteiger partial charge in [0.25, 0.3) is 0 Å². The molecule has 7 nitrogen and oxygen atoms in total. The normalized spacial score (nSPS) is 21.3. The van der Waals surface area contributed by atoms with Gasteiger partial charge in [-0.3, -0.25) is 14.4 Å². The fourth-order valence-electron chi connectivity index (χ4n) is 3.02. The number of carbonyl (C=O) groups is 3. The van der Waals surface area contributed by atoms with Crippen molar-refractivity contribution in [3.63, 3.8) is 0 Å². The number of nitrogens with one attached hydrogen (secondary N) is 2. The van der Waals surface area contributed by atoms with Crippen LogP contribution in [-0.2, 0) is 20.9 Å². The van der Waals surface area contributed by atoms with Crippen molar-refractivity contribution >= 4 is 17.8 Å². The number of nitrogens with two attached hydrogens (primary N) is 1. The molecule has 1 saturated heterocycles. The second-order valence-electron chi connectivity index (χ2n) is 6.35. The number of hydrogen-bond donors (Lipinski definition) is 4. The van der Waals surface area contributed by atoms with Crippen LogP contribution < -0.4 is 16.4 Å². The average molecular weight is 359 g/mol. The quantitative estimate of drug-likeness (QED) is 0.623. The maximum absolute atomic E-state index is 11.9. The van der Waals surface area contributed by atoms with E-state index in [1.807, 2.05) is 30.3 Å². The van der Waals surface area contributed by atoms with E-state index < -0.39 is 11.9 Å². The molecule has 1 aromatic rings. The molecular weight excluding hydrogens is 334 g/mol. The van der Waals surface area contributed by atoms with Crippen molar-refractivity contribution in [3.8, 4) is 0 Å². The molecule has 2 aliphatic rings. The van der Waals surface area contributed by atoms with Crippen LogP contribution in [0, 0.1) is 5.92 Å². The van der Waals surface area contributed by atoms with Crippen LogP contribution in [0.2, 0.25) is 0 Å². The molecule has 1 unspecified atom stereocenters. The second kappa shape index (κ2) is 9.72. The highest BCUT2D eigenvalue weighted by molar-refractivity contribution is 5.99. The molecule has 2 amide bonds. The molecule has 1 heterocycles. The second-order valence-corrected chi connectivity index (χ2v) is 6.35. The van der Waals surface area contributed by atoms with Crippen molar-refractivity contribution in [2.75, 3.05) is 6.54 Å². The van der Waals surface area contributed by atoms with E-state index in [1.165, 1.54) is 0 Å². The highest BCUT2D eigenvalue weighted by atomic mass is 16.4. The summed E-state index contributed by atoms with van der Waals surface area (Å²) in [5.41, 5.74) is 6.38. The first-order chi connectivity index (χ1) is 12.5. The zero-order chi connectivity index (χ0) is 18.9. The van der Waals surface area contributed by atoms with E-state index in [0.29, 0.717) is 25.0 Å². The lowest BCUT2D eigenvalue weighted by atomic mass is 10.0. The Morgan fingerprint density at radius 2 is 1.92 bits per heavy atom. The average Bonchev–Trinajstić information content (AvgIpc) is 3.32. The number of benzene rings is 1. The third kappa shape index (κ3) is 5.70. The van der Waals surface area contributed by atoms with Crippen LogP contribution in [0.15, 0.2) is 42.0 Å². The van der Waals surface area contributed by atoms with Crippen LogP contribution in [0.25, 0.3) is 0 Å². The first-order valence-electron chi connectivity index (χ1n) is 8.76. The van der Waals surface area contributed by atoms with E-state index in [0.717, 1.165) is 24.9 Å². The Bertz CT molecular complexity index is 667. The summed E-state index contributed by atoms with van der Waals surface area (Å²) in [6.07, 6.45) is 4.89. The standard InChI is InChI=1S/C14H15NO3.C5H10N2O/c16-13(11-7-4-8-12(11)14(17)18)15-9-10-5-2-1-3-6-10;6-5(8)4-2-1-3-7-4/h1-3,5-7,12H,4,8-9H2,(H,15,16)(H,17,18);4,7H,1-3H2,(H2,6,8)/t;4-/m.0/s1. The lowest BCUT2D eigenvalue weighted by Gasteiger charge is -2.10. The Morgan fingerprint density at radius 3 is 2.46 bits per heavy atom. The molecule has 1 fully saturated rings. The number of aliphatic carboxylic acids is 1. The minimum absolute atomic E-state index is 0.0463. The van der Waals surface area contributed by atoms with Gasteiger partial charge in [-0.05, 0) is 37.8 Å². The van der Waals surface area contributed by atoms with E-state index in [-0.39, 0.29) is 17.9 Å². The van der Waals surface area contributed by atoms with E-state index in [9.17, 15) is 14.4 Å². The first kappa shape index (κ1) is 19.7. The highest BCUT2D eigenvalue weighted by Gasteiger charge is 2.30. The number of allylic oxidation sites excluding steroid dienone is 1. The van der Waals surface area contributed by atoms with Crippen LogP contribution in [0.1, 0.15) is 31.2 Å². The van der Waals surface area contributed by atoms with Crippen LogP contribution in [-0.4, -0.2) is 35.5 Å². The number of carboxylic acids is 1. The van der Waals surface area contributed by atoms with Gasteiger partial charge in [-0.1, -0.05) is 36.4 Å². The molecule has 0 spiro atoms. The van der Waals surface area contributed by atoms with E-state index in [2.05, 4.69) is 10.6 Å². The Morgan fingerprint density at radius 1 is 1.19 bits per heavy atom. The summed E-state index contributed by atoms with van der Waals surface area (Å²) < 4.78 is 0. The number of primary amides is 1. The van der Waals surface area contributed by atoms with Gasteiger partial charge >= 0.3 is 5.97 Å². The number of rotatable bonds is 5.